The van der Waals surface area contributed by atoms with E-state index in [1.165, 1.54) is 44.8 Å². The van der Waals surface area contributed by atoms with E-state index in [9.17, 15) is 4.79 Å². The average molecular weight is 484 g/mol. The molecular formula is C29H41NO5. The molecule has 1 saturated heterocycles. The second-order valence-corrected chi connectivity index (χ2v) is 11.7. The van der Waals surface area contributed by atoms with Gasteiger partial charge in [-0.3, -0.25) is 0 Å². The lowest BCUT2D eigenvalue weighted by atomic mass is 9.46. The molecule has 4 fully saturated rings. The Morgan fingerprint density at radius 2 is 1.97 bits per heavy atom. The van der Waals surface area contributed by atoms with Gasteiger partial charge in [0.15, 0.2) is 6.29 Å². The zero-order chi connectivity index (χ0) is 24.6. The van der Waals surface area contributed by atoms with E-state index in [2.05, 4.69) is 25.4 Å². The first-order valence-electron chi connectivity index (χ1n) is 13.5. The Kier molecular flexibility index (Phi) is 6.97. The predicted molar refractivity (Wildman–Crippen MR) is 133 cm³/mol. The number of methoxy groups -OCH3 is 1. The quantitative estimate of drug-likeness (QED) is 0.367. The summed E-state index contributed by atoms with van der Waals surface area (Å²) in [6, 6.07) is 3.42. The number of ether oxygens (including phenoxy) is 4. The van der Waals surface area contributed by atoms with Crippen LogP contribution in [-0.4, -0.2) is 43.7 Å². The molecule has 0 amide bonds. The number of carbonyl (C=O) groups excluding carboxylic acids is 1. The van der Waals surface area contributed by atoms with Crippen LogP contribution in [0.25, 0.3) is 0 Å². The number of hydrogen-bond acceptors (Lipinski definition) is 6. The van der Waals surface area contributed by atoms with Crippen LogP contribution in [0.15, 0.2) is 30.5 Å². The number of allylic oxidation sites excluding steroid dienone is 1. The maximum Gasteiger partial charge on any atom is 0.356 e. The molecule has 6 heteroatoms. The van der Waals surface area contributed by atoms with Crippen molar-refractivity contribution in [3.8, 4) is 5.75 Å². The molecule has 0 bridgehead atoms. The normalized spacial score (nSPS) is 37.4. The third kappa shape index (κ3) is 4.53. The van der Waals surface area contributed by atoms with Crippen LogP contribution in [0.4, 0.5) is 0 Å². The molecule has 1 aromatic rings. The number of hydrogen-bond donors (Lipinski definition) is 0. The molecule has 3 aliphatic carbocycles. The van der Waals surface area contributed by atoms with Crippen molar-refractivity contribution >= 4 is 5.97 Å². The Balaban J connectivity index is 1.24. The first kappa shape index (κ1) is 24.8. The zero-order valence-corrected chi connectivity index (χ0v) is 21.6. The van der Waals surface area contributed by atoms with Gasteiger partial charge < -0.3 is 18.9 Å². The number of fused-ring (bicyclic) bond motifs is 3. The molecular weight excluding hydrogens is 442 g/mol. The van der Waals surface area contributed by atoms with E-state index in [4.69, 9.17) is 18.9 Å². The van der Waals surface area contributed by atoms with Crippen molar-refractivity contribution in [3.05, 3.63) is 36.2 Å². The van der Waals surface area contributed by atoms with Gasteiger partial charge in [0.25, 0.3) is 0 Å². The second-order valence-electron chi connectivity index (χ2n) is 11.7. The topological polar surface area (TPSA) is 66.9 Å². The molecule has 5 rings (SSSR count). The Morgan fingerprint density at radius 1 is 1.17 bits per heavy atom. The molecule has 6 nitrogen and oxygen atoms in total. The maximum absolute atomic E-state index is 11.6. The molecule has 6 atom stereocenters. The number of rotatable bonds is 6. The van der Waals surface area contributed by atoms with E-state index >= 15 is 0 Å². The van der Waals surface area contributed by atoms with Crippen molar-refractivity contribution in [1.29, 1.82) is 0 Å². The van der Waals surface area contributed by atoms with Gasteiger partial charge in [-0.1, -0.05) is 38.8 Å². The summed E-state index contributed by atoms with van der Waals surface area (Å²) in [6.45, 7) is 10.8. The minimum Gasteiger partial charge on any atom is -0.492 e. The first-order valence-corrected chi connectivity index (χ1v) is 13.5. The Morgan fingerprint density at radius 3 is 2.69 bits per heavy atom. The third-order valence-electron chi connectivity index (χ3n) is 9.76. The second kappa shape index (κ2) is 9.85. The molecule has 192 valence electrons. The van der Waals surface area contributed by atoms with Gasteiger partial charge in [-0.05, 0) is 74.3 Å². The highest BCUT2D eigenvalue weighted by Gasteiger charge is 2.60. The Bertz CT molecular complexity index is 926. The van der Waals surface area contributed by atoms with E-state index in [0.29, 0.717) is 36.2 Å². The van der Waals surface area contributed by atoms with Crippen molar-refractivity contribution in [2.45, 2.75) is 84.0 Å². The fourth-order valence-corrected chi connectivity index (χ4v) is 7.85. The van der Waals surface area contributed by atoms with E-state index < -0.39 is 5.97 Å². The summed E-state index contributed by atoms with van der Waals surface area (Å²) < 4.78 is 23.9. The molecule has 1 aliphatic heterocycles. The monoisotopic (exact) mass is 483 g/mol. The summed E-state index contributed by atoms with van der Waals surface area (Å²) in [4.78, 5) is 15.8. The van der Waals surface area contributed by atoms with Gasteiger partial charge in [-0.25, -0.2) is 9.78 Å². The lowest BCUT2D eigenvalue weighted by molar-refractivity contribution is -0.316. The van der Waals surface area contributed by atoms with E-state index in [0.717, 1.165) is 32.3 Å². The Hall–Kier alpha value is -1.92. The van der Waals surface area contributed by atoms with Crippen LogP contribution < -0.4 is 4.74 Å². The molecule has 3 saturated carbocycles. The minimum absolute atomic E-state index is 0.00173. The van der Waals surface area contributed by atoms with Crippen molar-refractivity contribution in [2.24, 2.45) is 28.6 Å². The predicted octanol–water partition coefficient (Wildman–Crippen LogP) is 5.96. The van der Waals surface area contributed by atoms with Crippen LogP contribution in [0.1, 0.15) is 82.1 Å². The van der Waals surface area contributed by atoms with Gasteiger partial charge in [0.05, 0.1) is 32.6 Å². The van der Waals surface area contributed by atoms with Gasteiger partial charge in [0.2, 0.25) is 0 Å². The minimum atomic E-state index is -0.441. The maximum atomic E-state index is 11.6. The standard InChI is InChI=1S/C29H41NO5/c1-19-9-12-24-28(2,22(19)14-16-33-21-10-11-23(30-17-21)26(31)32-4)15-13-25-29(24,3)18-34-27(35-25)20-7-5-6-8-20/h10-11,17,20,22,24-25,27H,1,5-9,12-16,18H2,2-4H3/t22-,24?,25-,27-,28+,29+/m1/s1. The SMILES string of the molecule is C=C1CCC2[C@]3(C)CO[C@@H](C4CCCC4)O[C@@H]3CC[C@@]2(C)[C@@H]1CCOc1ccc(C(=O)OC)nc1. The summed E-state index contributed by atoms with van der Waals surface area (Å²) in [5, 5.41) is 0. The van der Waals surface area contributed by atoms with Crippen LogP contribution >= 0.6 is 0 Å². The first-order chi connectivity index (χ1) is 16.8. The molecule has 4 aliphatic rings. The smallest absolute Gasteiger partial charge is 0.356 e. The summed E-state index contributed by atoms with van der Waals surface area (Å²) in [7, 11) is 1.35. The van der Waals surface area contributed by atoms with Gasteiger partial charge in [0, 0.05) is 11.3 Å². The Labute approximate surface area is 209 Å². The molecule has 1 unspecified atom stereocenters. The molecule has 35 heavy (non-hydrogen) atoms. The number of aromatic nitrogens is 1. The lowest BCUT2D eigenvalue weighted by Crippen LogP contribution is -2.62. The van der Waals surface area contributed by atoms with Gasteiger partial charge in [-0.15, -0.1) is 0 Å². The molecule has 0 spiro atoms. The highest BCUT2D eigenvalue weighted by molar-refractivity contribution is 5.87. The average Bonchev–Trinajstić information content (AvgIpc) is 3.40. The van der Waals surface area contributed by atoms with Gasteiger partial charge >= 0.3 is 5.97 Å². The molecule has 1 aromatic heterocycles. The lowest BCUT2D eigenvalue weighted by Gasteiger charge is -2.63. The van der Waals surface area contributed by atoms with E-state index in [1.54, 1.807) is 18.3 Å². The number of nitrogens with zero attached hydrogens (tertiary/aromatic N) is 1. The van der Waals surface area contributed by atoms with Crippen molar-refractivity contribution < 1.29 is 23.7 Å². The zero-order valence-electron chi connectivity index (χ0n) is 21.6. The summed E-state index contributed by atoms with van der Waals surface area (Å²) in [5.74, 6) is 1.77. The fraction of sp³-hybridized carbons (Fsp3) is 0.724. The molecule has 0 aromatic carbocycles. The van der Waals surface area contributed by atoms with E-state index in [1.807, 2.05) is 0 Å². The van der Waals surface area contributed by atoms with E-state index in [-0.39, 0.29) is 22.8 Å². The van der Waals surface area contributed by atoms with Crippen LogP contribution in [0.2, 0.25) is 0 Å². The number of carbonyl (C=O) groups is 1. The number of pyridine rings is 1. The summed E-state index contributed by atoms with van der Waals surface area (Å²) in [6.07, 6.45) is 12.4. The van der Waals surface area contributed by atoms with Crippen molar-refractivity contribution in [3.63, 3.8) is 0 Å². The van der Waals surface area contributed by atoms with Gasteiger partial charge in [-0.2, -0.15) is 0 Å². The third-order valence-corrected chi connectivity index (χ3v) is 9.76. The highest BCUT2D eigenvalue weighted by Crippen LogP contribution is 2.63. The van der Waals surface area contributed by atoms with Crippen LogP contribution in [0.5, 0.6) is 5.75 Å². The largest absolute Gasteiger partial charge is 0.492 e. The fourth-order valence-electron chi connectivity index (χ4n) is 7.85. The molecule has 2 heterocycles. The van der Waals surface area contributed by atoms with Crippen LogP contribution in [0, 0.1) is 28.6 Å². The molecule has 0 N–H and O–H groups in total. The molecule has 0 radical (unpaired) electrons. The van der Waals surface area contributed by atoms with Gasteiger partial charge in [0.1, 0.15) is 11.4 Å². The van der Waals surface area contributed by atoms with Crippen LogP contribution in [-0.2, 0) is 14.2 Å². The van der Waals surface area contributed by atoms with Crippen molar-refractivity contribution in [1.82, 2.24) is 4.98 Å². The van der Waals surface area contributed by atoms with Crippen molar-refractivity contribution in [2.75, 3.05) is 20.3 Å². The summed E-state index contributed by atoms with van der Waals surface area (Å²) >= 11 is 0. The number of esters is 1. The summed E-state index contributed by atoms with van der Waals surface area (Å²) in [5.41, 5.74) is 1.86. The van der Waals surface area contributed by atoms with Crippen LogP contribution in [0.3, 0.4) is 0 Å². The highest BCUT2D eigenvalue weighted by atomic mass is 16.7.